The number of hydrogen-bond donors (Lipinski definition) is 1. The molecule has 34 heavy (non-hydrogen) atoms. The van der Waals surface area contributed by atoms with Crippen LogP contribution in [0.3, 0.4) is 0 Å². The van der Waals surface area contributed by atoms with Crippen molar-refractivity contribution in [1.29, 1.82) is 0 Å². The van der Waals surface area contributed by atoms with E-state index < -0.39 is 0 Å². The molecule has 0 aliphatic heterocycles. The molecule has 7 heteroatoms. The topological polar surface area (TPSA) is 60.1 Å². The van der Waals surface area contributed by atoms with Gasteiger partial charge in [-0.1, -0.05) is 32.8 Å². The first-order valence-electron chi connectivity index (χ1n) is 11.8. The normalized spacial score (nSPS) is 15.2. The first kappa shape index (κ1) is 22.6. The number of furan rings is 1. The van der Waals surface area contributed by atoms with Crippen molar-refractivity contribution in [3.05, 3.63) is 76.7 Å². The second kappa shape index (κ2) is 9.58. The average Bonchev–Trinajstić information content (AvgIpc) is 3.62. The molecule has 3 heterocycles. The van der Waals surface area contributed by atoms with Crippen LogP contribution in [0.5, 0.6) is 0 Å². The molecule has 0 spiro atoms. The van der Waals surface area contributed by atoms with Gasteiger partial charge in [-0.3, -0.25) is 4.79 Å². The summed E-state index contributed by atoms with van der Waals surface area (Å²) in [6.07, 6.45) is 6.37. The summed E-state index contributed by atoms with van der Waals surface area (Å²) in [4.78, 5) is 18.9. The first-order chi connectivity index (χ1) is 16.5. The second-order valence-electron chi connectivity index (χ2n) is 9.17. The van der Waals surface area contributed by atoms with Gasteiger partial charge in [-0.2, -0.15) is 0 Å². The predicted octanol–water partition coefficient (Wildman–Crippen LogP) is 7.25. The van der Waals surface area contributed by atoms with E-state index in [0.717, 1.165) is 34.7 Å². The van der Waals surface area contributed by atoms with Crippen LogP contribution in [-0.4, -0.2) is 15.5 Å². The van der Waals surface area contributed by atoms with Gasteiger partial charge in [-0.25, -0.2) is 9.37 Å². The number of imidazole rings is 1. The van der Waals surface area contributed by atoms with Crippen molar-refractivity contribution in [3.8, 4) is 22.7 Å². The minimum atomic E-state index is -0.289. The van der Waals surface area contributed by atoms with E-state index in [0.29, 0.717) is 11.8 Å². The average molecular weight is 478 g/mol. The summed E-state index contributed by atoms with van der Waals surface area (Å²) in [6, 6.07) is 14.2. The van der Waals surface area contributed by atoms with Crippen molar-refractivity contribution in [1.82, 2.24) is 14.9 Å². The lowest BCUT2D eigenvalue weighted by Crippen LogP contribution is -2.30. The number of carbonyl (C=O) groups is 1. The molecule has 1 atom stereocenters. The van der Waals surface area contributed by atoms with Crippen molar-refractivity contribution in [2.75, 3.05) is 0 Å². The molecule has 3 aromatic heterocycles. The first-order valence-corrected chi connectivity index (χ1v) is 12.7. The molecule has 0 bridgehead atoms. The van der Waals surface area contributed by atoms with Crippen LogP contribution in [0.1, 0.15) is 67.0 Å². The Labute approximate surface area is 202 Å². The van der Waals surface area contributed by atoms with Crippen molar-refractivity contribution >= 4 is 17.2 Å². The summed E-state index contributed by atoms with van der Waals surface area (Å²) >= 11 is 1.63. The molecule has 1 amide bonds. The lowest BCUT2D eigenvalue weighted by Gasteiger charge is -2.20. The fourth-order valence-corrected chi connectivity index (χ4v) is 5.67. The maximum atomic E-state index is 13.5. The monoisotopic (exact) mass is 477 g/mol. The van der Waals surface area contributed by atoms with E-state index in [1.54, 1.807) is 29.5 Å². The summed E-state index contributed by atoms with van der Waals surface area (Å²) in [6.45, 7) is 4.18. The molecule has 0 unspecified atom stereocenters. The fourth-order valence-electron chi connectivity index (χ4n) is 4.72. The Balaban J connectivity index is 1.48. The summed E-state index contributed by atoms with van der Waals surface area (Å²) in [5.74, 6) is 0.565. The molecular formula is C27H28FN3O2S. The molecule has 1 fully saturated rings. The highest BCUT2D eigenvalue weighted by Crippen LogP contribution is 2.39. The zero-order chi connectivity index (χ0) is 23.7. The Morgan fingerprint density at radius 1 is 1.15 bits per heavy atom. The Hall–Kier alpha value is -3.19. The maximum Gasteiger partial charge on any atom is 0.287 e. The van der Waals surface area contributed by atoms with Gasteiger partial charge in [0, 0.05) is 16.5 Å². The van der Waals surface area contributed by atoms with Gasteiger partial charge in [0.15, 0.2) is 11.5 Å². The van der Waals surface area contributed by atoms with Crippen LogP contribution in [0.25, 0.3) is 22.7 Å². The quantitative estimate of drug-likeness (QED) is 0.305. The van der Waals surface area contributed by atoms with Gasteiger partial charge >= 0.3 is 0 Å². The van der Waals surface area contributed by atoms with E-state index in [2.05, 4.69) is 28.7 Å². The van der Waals surface area contributed by atoms with E-state index in [9.17, 15) is 9.18 Å². The van der Waals surface area contributed by atoms with Crippen molar-refractivity contribution in [2.45, 2.75) is 51.6 Å². The molecule has 5 rings (SSSR count). The van der Waals surface area contributed by atoms with Crippen molar-refractivity contribution < 1.29 is 13.6 Å². The zero-order valence-electron chi connectivity index (χ0n) is 19.3. The minimum absolute atomic E-state index is 0.0835. The molecule has 0 saturated heterocycles. The number of halogens is 1. The molecular weight excluding hydrogens is 449 g/mol. The van der Waals surface area contributed by atoms with Crippen LogP contribution in [0.2, 0.25) is 0 Å². The fraction of sp³-hybridized carbons (Fsp3) is 0.333. The van der Waals surface area contributed by atoms with E-state index in [4.69, 9.17) is 4.42 Å². The second-order valence-corrected chi connectivity index (χ2v) is 10.1. The molecule has 4 aromatic rings. The minimum Gasteiger partial charge on any atom is -0.449 e. The van der Waals surface area contributed by atoms with Crippen LogP contribution in [-0.2, 0) is 0 Å². The Morgan fingerprint density at radius 3 is 2.59 bits per heavy atom. The molecule has 1 saturated carbocycles. The van der Waals surface area contributed by atoms with Gasteiger partial charge in [0.25, 0.3) is 5.91 Å². The standard InChI is InChI=1S/C27H28FN3O2S/c1-17(2)24(23-8-5-15-34-23)30-27(32)22-14-13-21(33-22)26-25(18-9-11-19(28)12-10-18)29-16-31(26)20-6-3-4-7-20/h5,8-17,20,24H,3-4,6-7H2,1-2H3,(H,30,32)/t24-/m0/s1. The van der Waals surface area contributed by atoms with E-state index in [-0.39, 0.29) is 29.4 Å². The molecule has 5 nitrogen and oxygen atoms in total. The maximum absolute atomic E-state index is 13.5. The highest BCUT2D eigenvalue weighted by atomic mass is 32.1. The molecule has 1 aliphatic carbocycles. The molecule has 176 valence electrons. The third kappa shape index (κ3) is 4.44. The highest BCUT2D eigenvalue weighted by Gasteiger charge is 2.27. The number of hydrogen-bond acceptors (Lipinski definition) is 4. The number of nitrogens with one attached hydrogen (secondary N) is 1. The van der Waals surface area contributed by atoms with E-state index >= 15 is 0 Å². The summed E-state index contributed by atoms with van der Waals surface area (Å²) in [5, 5.41) is 5.15. The summed E-state index contributed by atoms with van der Waals surface area (Å²) < 4.78 is 21.8. The lowest BCUT2D eigenvalue weighted by molar-refractivity contribution is 0.0899. The van der Waals surface area contributed by atoms with Crippen LogP contribution >= 0.6 is 11.3 Å². The Morgan fingerprint density at radius 2 is 1.91 bits per heavy atom. The molecule has 1 N–H and O–H groups in total. The van der Waals surface area contributed by atoms with Crippen LogP contribution in [0.4, 0.5) is 4.39 Å². The van der Waals surface area contributed by atoms with Gasteiger partial charge in [0.1, 0.15) is 11.5 Å². The number of thiophene rings is 1. The smallest absolute Gasteiger partial charge is 0.287 e. The lowest BCUT2D eigenvalue weighted by atomic mass is 10.0. The third-order valence-corrected chi connectivity index (χ3v) is 7.45. The summed E-state index contributed by atoms with van der Waals surface area (Å²) in [5.41, 5.74) is 2.37. The Bertz CT molecular complexity index is 1250. The van der Waals surface area contributed by atoms with Crippen LogP contribution in [0, 0.1) is 11.7 Å². The molecule has 1 aromatic carbocycles. The Kier molecular flexibility index (Phi) is 6.37. The number of aromatic nitrogens is 2. The van der Waals surface area contributed by atoms with Gasteiger partial charge in [0.05, 0.1) is 18.1 Å². The number of benzene rings is 1. The predicted molar refractivity (Wildman–Crippen MR) is 132 cm³/mol. The van der Waals surface area contributed by atoms with Crippen LogP contribution < -0.4 is 5.32 Å². The third-order valence-electron chi connectivity index (χ3n) is 6.50. The van der Waals surface area contributed by atoms with Gasteiger partial charge in [0.2, 0.25) is 0 Å². The zero-order valence-corrected chi connectivity index (χ0v) is 20.1. The van der Waals surface area contributed by atoms with E-state index in [1.165, 1.54) is 25.0 Å². The summed E-state index contributed by atoms with van der Waals surface area (Å²) in [7, 11) is 0. The highest BCUT2D eigenvalue weighted by molar-refractivity contribution is 7.10. The van der Waals surface area contributed by atoms with Crippen molar-refractivity contribution in [3.63, 3.8) is 0 Å². The SMILES string of the molecule is CC(C)[C@H](NC(=O)c1ccc(-c2c(-c3ccc(F)cc3)ncn2C2CCCC2)o1)c1cccs1. The van der Waals surface area contributed by atoms with Gasteiger partial charge < -0.3 is 14.3 Å². The van der Waals surface area contributed by atoms with Crippen LogP contribution in [0.15, 0.2) is 64.7 Å². The number of amides is 1. The molecule has 0 radical (unpaired) electrons. The number of nitrogens with zero attached hydrogens (tertiary/aromatic N) is 2. The van der Waals surface area contributed by atoms with Gasteiger partial charge in [-0.15, -0.1) is 11.3 Å². The van der Waals surface area contributed by atoms with Gasteiger partial charge in [-0.05, 0) is 66.6 Å². The van der Waals surface area contributed by atoms with E-state index in [1.807, 2.05) is 29.9 Å². The molecule has 1 aliphatic rings. The largest absolute Gasteiger partial charge is 0.449 e. The number of carbonyl (C=O) groups excluding carboxylic acids is 1. The number of rotatable bonds is 7. The van der Waals surface area contributed by atoms with Crippen molar-refractivity contribution in [2.24, 2.45) is 5.92 Å².